The van der Waals surface area contributed by atoms with E-state index in [1.54, 1.807) is 0 Å². The van der Waals surface area contributed by atoms with Crippen LogP contribution in [0.15, 0.2) is 0 Å². The molecule has 1 unspecified atom stereocenters. The van der Waals surface area contributed by atoms with Crippen LogP contribution in [-0.4, -0.2) is 36.2 Å². The molecular formula is C10H20N2O2. The first-order valence-electron chi connectivity index (χ1n) is 5.33. The second kappa shape index (κ2) is 5.32. The number of carbonyl (C=O) groups excluding carboxylic acids is 1. The number of hydrogen-bond donors (Lipinski definition) is 3. The Morgan fingerprint density at radius 2 is 2.36 bits per heavy atom. The highest BCUT2D eigenvalue weighted by Crippen LogP contribution is 2.18. The van der Waals surface area contributed by atoms with Gasteiger partial charge in [-0.15, -0.1) is 0 Å². The molecule has 0 radical (unpaired) electrons. The lowest BCUT2D eigenvalue weighted by Crippen LogP contribution is -2.51. The van der Waals surface area contributed by atoms with Crippen molar-refractivity contribution in [2.75, 3.05) is 19.7 Å². The first-order chi connectivity index (χ1) is 6.69. The van der Waals surface area contributed by atoms with Crippen molar-refractivity contribution in [1.82, 2.24) is 10.6 Å². The first kappa shape index (κ1) is 11.5. The molecule has 4 nitrogen and oxygen atoms in total. The molecule has 1 saturated heterocycles. The van der Waals surface area contributed by atoms with Crippen LogP contribution in [0.5, 0.6) is 0 Å². The van der Waals surface area contributed by atoms with Gasteiger partial charge in [0.25, 0.3) is 0 Å². The van der Waals surface area contributed by atoms with E-state index < -0.39 is 0 Å². The van der Waals surface area contributed by atoms with Crippen LogP contribution in [0.4, 0.5) is 0 Å². The summed E-state index contributed by atoms with van der Waals surface area (Å²) in [5.74, 6) is 0.0907. The zero-order valence-corrected chi connectivity index (χ0v) is 8.81. The van der Waals surface area contributed by atoms with Crippen LogP contribution in [0.25, 0.3) is 0 Å². The van der Waals surface area contributed by atoms with Crippen LogP contribution < -0.4 is 10.6 Å². The highest BCUT2D eigenvalue weighted by Gasteiger charge is 2.35. The number of amides is 1. The highest BCUT2D eigenvalue weighted by atomic mass is 16.2. The molecule has 0 aromatic carbocycles. The van der Waals surface area contributed by atoms with Gasteiger partial charge in [-0.25, -0.2) is 0 Å². The van der Waals surface area contributed by atoms with E-state index in [-0.39, 0.29) is 18.1 Å². The molecule has 1 aliphatic rings. The van der Waals surface area contributed by atoms with Crippen LogP contribution in [0.3, 0.4) is 0 Å². The van der Waals surface area contributed by atoms with Gasteiger partial charge in [0.15, 0.2) is 0 Å². The van der Waals surface area contributed by atoms with Crippen LogP contribution >= 0.6 is 0 Å². The minimum absolute atomic E-state index is 0.0907. The van der Waals surface area contributed by atoms with Gasteiger partial charge in [-0.3, -0.25) is 4.79 Å². The second-order valence-corrected chi connectivity index (χ2v) is 4.05. The number of rotatable bonds is 5. The van der Waals surface area contributed by atoms with Gasteiger partial charge in [-0.05, 0) is 39.2 Å². The fourth-order valence-corrected chi connectivity index (χ4v) is 1.72. The Morgan fingerprint density at radius 3 is 2.93 bits per heavy atom. The van der Waals surface area contributed by atoms with Crippen LogP contribution in [0.1, 0.15) is 32.6 Å². The molecule has 1 atom stereocenters. The molecule has 0 aliphatic carbocycles. The Hall–Kier alpha value is -0.610. The fraction of sp³-hybridized carbons (Fsp3) is 0.900. The van der Waals surface area contributed by atoms with E-state index in [9.17, 15) is 4.79 Å². The first-order valence-corrected chi connectivity index (χ1v) is 5.33. The average Bonchev–Trinajstić information content (AvgIpc) is 2.61. The summed E-state index contributed by atoms with van der Waals surface area (Å²) in [6.07, 6.45) is 3.59. The third kappa shape index (κ3) is 2.96. The zero-order chi connectivity index (χ0) is 10.4. The van der Waals surface area contributed by atoms with Crippen LogP contribution in [0.2, 0.25) is 0 Å². The largest absolute Gasteiger partial charge is 0.396 e. The van der Waals surface area contributed by atoms with E-state index >= 15 is 0 Å². The molecule has 1 amide bonds. The Morgan fingerprint density at radius 1 is 1.57 bits per heavy atom. The molecule has 1 heterocycles. The summed E-state index contributed by atoms with van der Waals surface area (Å²) in [6.45, 7) is 3.74. The van der Waals surface area contributed by atoms with Crippen molar-refractivity contribution in [2.24, 2.45) is 0 Å². The predicted molar refractivity (Wildman–Crippen MR) is 55.0 cm³/mol. The van der Waals surface area contributed by atoms with Crippen molar-refractivity contribution < 1.29 is 9.90 Å². The maximum absolute atomic E-state index is 11.7. The smallest absolute Gasteiger partial charge is 0.240 e. The molecule has 0 aromatic heterocycles. The third-order valence-corrected chi connectivity index (χ3v) is 2.74. The third-order valence-electron chi connectivity index (χ3n) is 2.74. The van der Waals surface area contributed by atoms with Crippen LogP contribution in [-0.2, 0) is 4.79 Å². The van der Waals surface area contributed by atoms with Gasteiger partial charge >= 0.3 is 0 Å². The monoisotopic (exact) mass is 200 g/mol. The van der Waals surface area contributed by atoms with Crippen molar-refractivity contribution in [1.29, 1.82) is 0 Å². The molecule has 0 bridgehead atoms. The van der Waals surface area contributed by atoms with Crippen LogP contribution in [0, 0.1) is 0 Å². The normalized spacial score (nSPS) is 26.4. The predicted octanol–water partition coefficient (Wildman–Crippen LogP) is 0.0172. The van der Waals surface area contributed by atoms with Gasteiger partial charge < -0.3 is 15.7 Å². The summed E-state index contributed by atoms with van der Waals surface area (Å²) in [5.41, 5.74) is -0.362. The van der Waals surface area contributed by atoms with Gasteiger partial charge in [0, 0.05) is 13.2 Å². The highest BCUT2D eigenvalue weighted by molar-refractivity contribution is 5.86. The summed E-state index contributed by atoms with van der Waals surface area (Å²) in [7, 11) is 0. The molecule has 0 spiro atoms. The average molecular weight is 200 g/mol. The van der Waals surface area contributed by atoms with Gasteiger partial charge in [0.05, 0.1) is 5.54 Å². The minimum Gasteiger partial charge on any atom is -0.396 e. The number of nitrogens with one attached hydrogen (secondary N) is 2. The van der Waals surface area contributed by atoms with Crippen molar-refractivity contribution in [3.63, 3.8) is 0 Å². The molecule has 82 valence electrons. The second-order valence-electron chi connectivity index (χ2n) is 4.05. The summed E-state index contributed by atoms with van der Waals surface area (Å²) in [5, 5.41) is 14.7. The topological polar surface area (TPSA) is 61.4 Å². The van der Waals surface area contributed by atoms with E-state index in [1.807, 2.05) is 6.92 Å². The summed E-state index contributed by atoms with van der Waals surface area (Å²) in [4.78, 5) is 11.7. The van der Waals surface area contributed by atoms with Crippen molar-refractivity contribution >= 4 is 5.91 Å². The van der Waals surface area contributed by atoms with E-state index in [1.165, 1.54) is 0 Å². The maximum atomic E-state index is 11.7. The standard InChI is InChI=1S/C10H20N2O2/c1-10(5-4-7-12-10)9(14)11-6-2-3-8-13/h12-13H,2-8H2,1H3,(H,11,14). The molecule has 0 saturated carbocycles. The summed E-state index contributed by atoms with van der Waals surface area (Å²) in [6, 6.07) is 0. The number of carbonyl (C=O) groups is 1. The molecule has 4 heteroatoms. The van der Waals surface area contributed by atoms with E-state index in [0.29, 0.717) is 6.54 Å². The molecule has 3 N–H and O–H groups in total. The van der Waals surface area contributed by atoms with E-state index in [4.69, 9.17) is 5.11 Å². The van der Waals surface area contributed by atoms with E-state index in [0.717, 1.165) is 32.2 Å². The Balaban J connectivity index is 2.20. The van der Waals surface area contributed by atoms with Gasteiger partial charge in [-0.1, -0.05) is 0 Å². The molecular weight excluding hydrogens is 180 g/mol. The molecule has 0 aromatic rings. The lowest BCUT2D eigenvalue weighted by molar-refractivity contribution is -0.126. The van der Waals surface area contributed by atoms with Crippen molar-refractivity contribution in [3.05, 3.63) is 0 Å². The molecule has 1 rings (SSSR count). The van der Waals surface area contributed by atoms with Crippen molar-refractivity contribution in [3.8, 4) is 0 Å². The van der Waals surface area contributed by atoms with E-state index in [2.05, 4.69) is 10.6 Å². The van der Waals surface area contributed by atoms with Gasteiger partial charge in [-0.2, -0.15) is 0 Å². The summed E-state index contributed by atoms with van der Waals surface area (Å²) < 4.78 is 0. The SMILES string of the molecule is CC1(C(=O)NCCCCO)CCCN1. The Kier molecular flexibility index (Phi) is 4.35. The zero-order valence-electron chi connectivity index (χ0n) is 8.81. The molecule has 1 fully saturated rings. The summed E-state index contributed by atoms with van der Waals surface area (Å²) >= 11 is 0. The fourth-order valence-electron chi connectivity index (χ4n) is 1.72. The van der Waals surface area contributed by atoms with Gasteiger partial charge in [0.1, 0.15) is 0 Å². The minimum atomic E-state index is -0.362. The number of unbranched alkanes of at least 4 members (excludes halogenated alkanes) is 1. The molecule has 1 aliphatic heterocycles. The van der Waals surface area contributed by atoms with Gasteiger partial charge in [0.2, 0.25) is 5.91 Å². The maximum Gasteiger partial charge on any atom is 0.240 e. The lowest BCUT2D eigenvalue weighted by atomic mass is 9.99. The Labute approximate surface area is 85.1 Å². The Bertz CT molecular complexity index is 189. The number of aliphatic hydroxyl groups excluding tert-OH is 1. The van der Waals surface area contributed by atoms with Crippen molar-refractivity contribution in [2.45, 2.75) is 38.1 Å². The number of hydrogen-bond acceptors (Lipinski definition) is 3. The number of aliphatic hydroxyl groups is 1. The molecule has 14 heavy (non-hydrogen) atoms. The lowest BCUT2D eigenvalue weighted by Gasteiger charge is -2.22. The quantitative estimate of drug-likeness (QED) is 0.548.